The molecule has 2 atom stereocenters. The third kappa shape index (κ3) is 3.46. The minimum atomic E-state index is -0.350. The quantitative estimate of drug-likeness (QED) is 0.491. The molecule has 1 aromatic rings. The molecule has 0 bridgehead atoms. The second-order valence-electron chi connectivity index (χ2n) is 4.77. The number of amides is 1. The molecule has 2 heterocycles. The fraction of sp³-hybridized carbons (Fsp3) is 0.538. The molecule has 1 fully saturated rings. The summed E-state index contributed by atoms with van der Waals surface area (Å²) >= 11 is 2.01. The van der Waals surface area contributed by atoms with Gasteiger partial charge >= 0.3 is 0 Å². The van der Waals surface area contributed by atoms with E-state index in [4.69, 9.17) is 5.84 Å². The number of carbonyl (C=O) groups excluding carboxylic acids is 1. The van der Waals surface area contributed by atoms with E-state index >= 15 is 0 Å². The summed E-state index contributed by atoms with van der Waals surface area (Å²) in [6, 6.07) is 5.99. The van der Waals surface area contributed by atoms with Gasteiger partial charge in [-0.15, -0.1) is 0 Å². The van der Waals surface area contributed by atoms with Gasteiger partial charge in [-0.25, -0.2) is 10.8 Å². The molecule has 1 aromatic heterocycles. The summed E-state index contributed by atoms with van der Waals surface area (Å²) in [6.07, 6.45) is 0. The second-order valence-corrected chi connectivity index (χ2v) is 6.26. The number of carbonyl (C=O) groups is 1. The highest BCUT2D eigenvalue weighted by Crippen LogP contribution is 2.25. The van der Waals surface area contributed by atoms with Crippen LogP contribution in [-0.4, -0.2) is 39.4 Å². The molecule has 104 valence electrons. The zero-order chi connectivity index (χ0) is 13.8. The molecule has 1 aliphatic rings. The molecule has 0 radical (unpaired) electrons. The first-order valence-corrected chi connectivity index (χ1v) is 7.49. The number of hydrogen-bond acceptors (Lipinski definition) is 5. The summed E-state index contributed by atoms with van der Waals surface area (Å²) in [6.45, 7) is 6.34. The number of pyridine rings is 1. The molecule has 0 aromatic carbocycles. The molecule has 3 N–H and O–H groups in total. The highest BCUT2D eigenvalue weighted by atomic mass is 32.2. The van der Waals surface area contributed by atoms with Gasteiger partial charge in [-0.05, 0) is 19.1 Å². The second kappa shape index (κ2) is 6.36. The molecular weight excluding hydrogens is 260 g/mol. The van der Waals surface area contributed by atoms with E-state index < -0.39 is 0 Å². The van der Waals surface area contributed by atoms with Crippen molar-refractivity contribution in [3.05, 3.63) is 29.6 Å². The largest absolute Gasteiger partial charge is 0.293 e. The Balaban J connectivity index is 2.08. The molecule has 1 saturated heterocycles. The van der Waals surface area contributed by atoms with E-state index in [0.717, 1.165) is 24.5 Å². The van der Waals surface area contributed by atoms with Gasteiger partial charge < -0.3 is 0 Å². The molecule has 5 nitrogen and oxygen atoms in total. The number of nitrogen functional groups attached to an aromatic ring is 1. The average molecular weight is 280 g/mol. The molecular formula is C13H20N4OS. The van der Waals surface area contributed by atoms with Gasteiger partial charge in [0, 0.05) is 30.1 Å². The molecule has 19 heavy (non-hydrogen) atoms. The summed E-state index contributed by atoms with van der Waals surface area (Å²) < 4.78 is 0. The van der Waals surface area contributed by atoms with Crippen molar-refractivity contribution in [3.63, 3.8) is 0 Å². The first-order chi connectivity index (χ1) is 9.11. The predicted octanol–water partition coefficient (Wildman–Crippen LogP) is 1.01. The van der Waals surface area contributed by atoms with E-state index in [1.807, 2.05) is 23.9 Å². The van der Waals surface area contributed by atoms with Crippen molar-refractivity contribution in [2.45, 2.75) is 31.7 Å². The Bertz CT molecular complexity index is 454. The summed E-state index contributed by atoms with van der Waals surface area (Å²) in [7, 11) is 0. The van der Waals surface area contributed by atoms with Gasteiger partial charge in [-0.3, -0.25) is 15.1 Å². The zero-order valence-electron chi connectivity index (χ0n) is 11.3. The fourth-order valence-electron chi connectivity index (χ4n) is 2.19. The lowest BCUT2D eigenvalue weighted by molar-refractivity contribution is 0.0948. The molecule has 6 heteroatoms. The number of hydrogen-bond donors (Lipinski definition) is 2. The maximum absolute atomic E-state index is 11.5. The third-order valence-corrected chi connectivity index (χ3v) is 4.89. The number of thioether (sulfide) groups is 1. The number of aromatic nitrogens is 1. The van der Waals surface area contributed by atoms with Gasteiger partial charge in [0.15, 0.2) is 0 Å². The van der Waals surface area contributed by atoms with Crippen LogP contribution in [0.15, 0.2) is 18.2 Å². The fourth-order valence-corrected chi connectivity index (χ4v) is 3.36. The average Bonchev–Trinajstić information content (AvgIpc) is 2.43. The summed E-state index contributed by atoms with van der Waals surface area (Å²) in [5, 5.41) is 0.629. The highest BCUT2D eigenvalue weighted by Gasteiger charge is 2.25. The monoisotopic (exact) mass is 280 g/mol. The van der Waals surface area contributed by atoms with Crippen LogP contribution in [0.4, 0.5) is 0 Å². The molecule has 0 spiro atoms. The Labute approximate surface area is 117 Å². The Kier molecular flexibility index (Phi) is 4.79. The molecule has 0 aliphatic carbocycles. The smallest absolute Gasteiger partial charge is 0.283 e. The van der Waals surface area contributed by atoms with Crippen molar-refractivity contribution in [3.8, 4) is 0 Å². The van der Waals surface area contributed by atoms with Gasteiger partial charge in [0.05, 0.1) is 5.69 Å². The van der Waals surface area contributed by atoms with Crippen molar-refractivity contribution in [2.75, 3.05) is 12.3 Å². The molecule has 0 saturated carbocycles. The third-order valence-electron chi connectivity index (χ3n) is 3.55. The van der Waals surface area contributed by atoms with Crippen LogP contribution in [0.2, 0.25) is 0 Å². The van der Waals surface area contributed by atoms with Gasteiger partial charge in [0.1, 0.15) is 5.69 Å². The Morgan fingerprint density at radius 2 is 2.37 bits per heavy atom. The van der Waals surface area contributed by atoms with Crippen LogP contribution in [0.1, 0.15) is 30.0 Å². The summed E-state index contributed by atoms with van der Waals surface area (Å²) in [5.41, 5.74) is 3.39. The first kappa shape index (κ1) is 14.3. The van der Waals surface area contributed by atoms with E-state index in [1.54, 1.807) is 6.07 Å². The van der Waals surface area contributed by atoms with E-state index in [1.165, 1.54) is 0 Å². The molecule has 2 unspecified atom stereocenters. The van der Waals surface area contributed by atoms with Crippen LogP contribution >= 0.6 is 11.8 Å². The lowest BCUT2D eigenvalue weighted by Crippen LogP contribution is -2.44. The normalized spacial score (nSPS) is 24.2. The van der Waals surface area contributed by atoms with Crippen LogP contribution in [0, 0.1) is 0 Å². The number of nitrogens with one attached hydrogen (secondary N) is 1. The van der Waals surface area contributed by atoms with E-state index in [2.05, 4.69) is 29.2 Å². The molecule has 2 rings (SSSR count). The maximum atomic E-state index is 11.5. The number of nitrogens with zero attached hydrogens (tertiary/aromatic N) is 2. The Morgan fingerprint density at radius 1 is 1.58 bits per heavy atom. The van der Waals surface area contributed by atoms with Crippen molar-refractivity contribution in [1.29, 1.82) is 0 Å². The van der Waals surface area contributed by atoms with Crippen LogP contribution in [0.5, 0.6) is 0 Å². The van der Waals surface area contributed by atoms with Crippen LogP contribution in [-0.2, 0) is 6.54 Å². The van der Waals surface area contributed by atoms with Crippen LogP contribution in [0.3, 0.4) is 0 Å². The molecule has 1 aliphatic heterocycles. The number of nitrogens with two attached hydrogens (primary N) is 1. The highest BCUT2D eigenvalue weighted by molar-refractivity contribution is 8.00. The van der Waals surface area contributed by atoms with Crippen molar-refractivity contribution in [2.24, 2.45) is 5.84 Å². The topological polar surface area (TPSA) is 71.2 Å². The number of hydrazine groups is 1. The maximum Gasteiger partial charge on any atom is 0.283 e. The predicted molar refractivity (Wildman–Crippen MR) is 77.7 cm³/mol. The Hall–Kier alpha value is -1.11. The van der Waals surface area contributed by atoms with Crippen LogP contribution in [0.25, 0.3) is 0 Å². The van der Waals surface area contributed by atoms with E-state index in [0.29, 0.717) is 17.0 Å². The van der Waals surface area contributed by atoms with Crippen molar-refractivity contribution < 1.29 is 4.79 Å². The zero-order valence-corrected chi connectivity index (χ0v) is 12.1. The first-order valence-electron chi connectivity index (χ1n) is 6.44. The van der Waals surface area contributed by atoms with E-state index in [-0.39, 0.29) is 5.91 Å². The van der Waals surface area contributed by atoms with Crippen molar-refractivity contribution in [1.82, 2.24) is 15.3 Å². The summed E-state index contributed by atoms with van der Waals surface area (Å²) in [5.74, 6) is 5.92. The van der Waals surface area contributed by atoms with E-state index in [9.17, 15) is 4.79 Å². The van der Waals surface area contributed by atoms with Gasteiger partial charge in [-0.1, -0.05) is 13.0 Å². The minimum absolute atomic E-state index is 0.350. The minimum Gasteiger partial charge on any atom is -0.293 e. The van der Waals surface area contributed by atoms with Crippen LogP contribution < -0.4 is 11.3 Å². The van der Waals surface area contributed by atoms with Gasteiger partial charge in [0.2, 0.25) is 0 Å². The lowest BCUT2D eigenvalue weighted by Gasteiger charge is -2.37. The van der Waals surface area contributed by atoms with Gasteiger partial charge in [0.25, 0.3) is 5.91 Å². The summed E-state index contributed by atoms with van der Waals surface area (Å²) in [4.78, 5) is 18.2. The number of rotatable bonds is 3. The lowest BCUT2D eigenvalue weighted by atomic mass is 10.2. The molecule has 1 amide bonds. The SMILES string of the molecule is CC1SCCN(Cc2cccc(C(=O)NN)n2)C1C. The Morgan fingerprint density at radius 3 is 3.11 bits per heavy atom. The van der Waals surface area contributed by atoms with Gasteiger partial charge in [-0.2, -0.15) is 11.8 Å². The standard InChI is InChI=1S/C13H20N4OS/c1-9-10(2)19-7-6-17(9)8-11-4-3-5-12(15-11)13(18)16-14/h3-5,9-10H,6-8,14H2,1-2H3,(H,16,18). The van der Waals surface area contributed by atoms with Crippen molar-refractivity contribution >= 4 is 17.7 Å².